The topological polar surface area (TPSA) is 79.5 Å². The molecule has 1 saturated heterocycles. The normalized spacial score (nSPS) is 18.3. The van der Waals surface area contributed by atoms with Crippen molar-refractivity contribution in [1.82, 2.24) is 9.97 Å². The van der Waals surface area contributed by atoms with E-state index in [0.29, 0.717) is 31.9 Å². The summed E-state index contributed by atoms with van der Waals surface area (Å²) >= 11 is 0. The van der Waals surface area contributed by atoms with Crippen molar-refractivity contribution in [2.45, 2.75) is 37.8 Å². The van der Waals surface area contributed by atoms with Gasteiger partial charge in [0.15, 0.2) is 0 Å². The van der Waals surface area contributed by atoms with Crippen molar-refractivity contribution in [3.63, 3.8) is 0 Å². The third-order valence-electron chi connectivity index (χ3n) is 7.69. The Kier molecular flexibility index (Phi) is 5.85. The number of hydrogen-bond acceptors (Lipinski definition) is 6. The molecule has 7 heteroatoms. The van der Waals surface area contributed by atoms with E-state index in [4.69, 9.17) is 9.47 Å². The fourth-order valence-electron chi connectivity index (χ4n) is 5.54. The molecular formula is C31H30N4O3. The Labute approximate surface area is 221 Å². The van der Waals surface area contributed by atoms with E-state index in [1.54, 1.807) is 6.20 Å². The van der Waals surface area contributed by atoms with E-state index in [9.17, 15) is 4.79 Å². The first-order chi connectivity index (χ1) is 18.7. The van der Waals surface area contributed by atoms with Crippen LogP contribution in [0, 0.1) is 0 Å². The maximum Gasteiger partial charge on any atom is 0.271 e. The van der Waals surface area contributed by atoms with Crippen LogP contribution >= 0.6 is 0 Å². The molecule has 4 heterocycles. The second-order valence-electron chi connectivity index (χ2n) is 10.3. The summed E-state index contributed by atoms with van der Waals surface area (Å²) in [5.74, 6) is 2.47. The summed E-state index contributed by atoms with van der Waals surface area (Å²) in [5, 5.41) is 3.54. The maximum atomic E-state index is 12.4. The average Bonchev–Trinajstić information content (AvgIpc) is 3.81. The van der Waals surface area contributed by atoms with E-state index in [2.05, 4.69) is 62.6 Å². The molecule has 0 spiro atoms. The maximum absolute atomic E-state index is 12.4. The summed E-state index contributed by atoms with van der Waals surface area (Å²) in [6.45, 7) is 2.52. The summed E-state index contributed by atoms with van der Waals surface area (Å²) in [5.41, 5.74) is 7.45. The number of aromatic nitrogens is 2. The van der Waals surface area contributed by atoms with Crippen LogP contribution in [0.3, 0.4) is 0 Å². The summed E-state index contributed by atoms with van der Waals surface area (Å²) in [6.07, 6.45) is 6.78. The van der Waals surface area contributed by atoms with Gasteiger partial charge in [-0.05, 0) is 72.4 Å². The zero-order chi connectivity index (χ0) is 25.5. The molecule has 1 unspecified atom stereocenters. The number of morpholine rings is 1. The van der Waals surface area contributed by atoms with Gasteiger partial charge in [0.1, 0.15) is 23.3 Å². The minimum Gasteiger partial charge on any atom is -0.456 e. The molecule has 3 aliphatic rings. The number of hydrogen-bond donors (Lipinski definition) is 2. The van der Waals surface area contributed by atoms with Crippen LogP contribution in [0.2, 0.25) is 0 Å². The largest absolute Gasteiger partial charge is 0.456 e. The van der Waals surface area contributed by atoms with Crippen molar-refractivity contribution in [2.24, 2.45) is 0 Å². The lowest BCUT2D eigenvalue weighted by molar-refractivity contribution is 0.0383. The Hall–Kier alpha value is -4.10. The number of nitrogens with zero attached hydrogens (tertiary/aromatic N) is 2. The van der Waals surface area contributed by atoms with Crippen molar-refractivity contribution in [1.29, 1.82) is 0 Å². The Balaban J connectivity index is 1.08. The Morgan fingerprint density at radius 2 is 2.00 bits per heavy atom. The number of pyridine rings is 2. The monoisotopic (exact) mass is 506 g/mol. The van der Waals surface area contributed by atoms with Crippen molar-refractivity contribution >= 4 is 11.4 Å². The highest BCUT2D eigenvalue weighted by Crippen LogP contribution is 2.43. The number of H-pyrrole nitrogens is 1. The number of para-hydroxylation sites is 1. The van der Waals surface area contributed by atoms with Crippen LogP contribution in [0.5, 0.6) is 11.5 Å². The third kappa shape index (κ3) is 4.54. The molecule has 2 fully saturated rings. The third-order valence-corrected chi connectivity index (χ3v) is 7.69. The molecule has 7 nitrogen and oxygen atoms in total. The van der Waals surface area contributed by atoms with Gasteiger partial charge in [-0.25, -0.2) is 0 Å². The van der Waals surface area contributed by atoms with Crippen LogP contribution in [0.15, 0.2) is 77.9 Å². The second kappa shape index (κ2) is 9.65. The SMILES string of the molecule is O=c1[nH]cccc1N1CCOC(c2cccc3c2Oc2ccc(NCc4cc(C5CC5)ccn4)cc2C3)C1. The van der Waals surface area contributed by atoms with E-state index in [1.165, 1.54) is 18.4 Å². The molecule has 0 amide bonds. The van der Waals surface area contributed by atoms with Crippen LogP contribution in [0.4, 0.5) is 11.4 Å². The molecule has 2 N–H and O–H groups in total. The molecule has 192 valence electrons. The standard InChI is InChI=1S/C31H30N4O3/c36-31-27(5-2-11-33-31)35-13-14-37-29(19-35)26-4-1-3-22-15-23-17-24(8-9-28(23)38-30(22)26)34-18-25-16-21(10-12-32-25)20-6-7-20/h1-5,8-12,16-17,20,29,34H,6-7,13-15,18-19H2,(H,33,36). The Bertz CT molecular complexity index is 1540. The summed E-state index contributed by atoms with van der Waals surface area (Å²) in [6, 6.07) is 20.6. The molecular weight excluding hydrogens is 476 g/mol. The molecule has 2 aromatic heterocycles. The number of ether oxygens (including phenoxy) is 2. The summed E-state index contributed by atoms with van der Waals surface area (Å²) in [4.78, 5) is 21.8. The first-order valence-electron chi connectivity index (χ1n) is 13.4. The first-order valence-corrected chi connectivity index (χ1v) is 13.4. The second-order valence-corrected chi connectivity index (χ2v) is 10.3. The van der Waals surface area contributed by atoms with Crippen LogP contribution in [-0.2, 0) is 17.7 Å². The van der Waals surface area contributed by atoms with Crippen molar-refractivity contribution in [3.8, 4) is 11.5 Å². The fraction of sp³-hybridized carbons (Fsp3) is 0.290. The smallest absolute Gasteiger partial charge is 0.271 e. The van der Waals surface area contributed by atoms with Gasteiger partial charge in [-0.15, -0.1) is 0 Å². The lowest BCUT2D eigenvalue weighted by atomic mass is 9.95. The number of nitrogens with one attached hydrogen (secondary N) is 2. The van der Waals surface area contributed by atoms with Crippen LogP contribution in [0.25, 0.3) is 0 Å². The highest BCUT2D eigenvalue weighted by atomic mass is 16.5. The van der Waals surface area contributed by atoms with Crippen LogP contribution < -0.4 is 20.5 Å². The van der Waals surface area contributed by atoms with Gasteiger partial charge in [-0.3, -0.25) is 9.78 Å². The van der Waals surface area contributed by atoms with Crippen molar-refractivity contribution in [2.75, 3.05) is 29.9 Å². The zero-order valence-corrected chi connectivity index (χ0v) is 21.2. The predicted octanol–water partition coefficient (Wildman–Crippen LogP) is 5.53. The number of rotatable bonds is 6. The first kappa shape index (κ1) is 23.0. The molecule has 38 heavy (non-hydrogen) atoms. The lowest BCUT2D eigenvalue weighted by Gasteiger charge is -2.35. The number of aromatic amines is 1. The highest BCUT2D eigenvalue weighted by molar-refractivity contribution is 5.59. The summed E-state index contributed by atoms with van der Waals surface area (Å²) in [7, 11) is 0. The molecule has 1 aliphatic carbocycles. The van der Waals surface area contributed by atoms with Gasteiger partial charge in [0.25, 0.3) is 5.56 Å². The number of benzene rings is 2. The molecule has 7 rings (SSSR count). The molecule has 1 saturated carbocycles. The predicted molar refractivity (Wildman–Crippen MR) is 147 cm³/mol. The Morgan fingerprint density at radius 3 is 2.89 bits per heavy atom. The van der Waals surface area contributed by atoms with Gasteiger partial charge in [0.2, 0.25) is 0 Å². The molecule has 0 bridgehead atoms. The van der Waals surface area contributed by atoms with Gasteiger partial charge >= 0.3 is 0 Å². The molecule has 2 aromatic carbocycles. The minimum absolute atomic E-state index is 0.0794. The van der Waals surface area contributed by atoms with E-state index in [0.717, 1.165) is 51.9 Å². The van der Waals surface area contributed by atoms with E-state index in [-0.39, 0.29) is 11.7 Å². The van der Waals surface area contributed by atoms with Crippen molar-refractivity contribution < 1.29 is 9.47 Å². The van der Waals surface area contributed by atoms with E-state index in [1.807, 2.05) is 24.4 Å². The fourth-order valence-corrected chi connectivity index (χ4v) is 5.54. The number of anilines is 2. The van der Waals surface area contributed by atoms with Gasteiger partial charge in [0, 0.05) is 48.7 Å². The lowest BCUT2D eigenvalue weighted by Crippen LogP contribution is -2.41. The van der Waals surface area contributed by atoms with E-state index < -0.39 is 0 Å². The number of fused-ring (bicyclic) bond motifs is 2. The zero-order valence-electron chi connectivity index (χ0n) is 21.2. The molecule has 2 aliphatic heterocycles. The minimum atomic E-state index is -0.181. The molecule has 4 aromatic rings. The van der Waals surface area contributed by atoms with Gasteiger partial charge in [-0.1, -0.05) is 18.2 Å². The van der Waals surface area contributed by atoms with Crippen LogP contribution in [-0.4, -0.2) is 29.7 Å². The van der Waals surface area contributed by atoms with Gasteiger partial charge < -0.3 is 24.7 Å². The Morgan fingerprint density at radius 1 is 1.05 bits per heavy atom. The van der Waals surface area contributed by atoms with Gasteiger partial charge in [-0.2, -0.15) is 0 Å². The van der Waals surface area contributed by atoms with E-state index >= 15 is 0 Å². The quantitative estimate of drug-likeness (QED) is 0.315. The molecule has 1 atom stereocenters. The van der Waals surface area contributed by atoms with Crippen molar-refractivity contribution in [3.05, 3.63) is 111 Å². The van der Waals surface area contributed by atoms with Gasteiger partial charge in [0.05, 0.1) is 18.8 Å². The highest BCUT2D eigenvalue weighted by Gasteiger charge is 2.29. The van der Waals surface area contributed by atoms with Crippen LogP contribution in [0.1, 0.15) is 52.8 Å². The molecule has 0 radical (unpaired) electrons. The average molecular weight is 507 g/mol. The summed E-state index contributed by atoms with van der Waals surface area (Å²) < 4.78 is 12.7.